The van der Waals surface area contributed by atoms with Gasteiger partial charge in [0.15, 0.2) is 0 Å². The number of hydrogen-bond donors (Lipinski definition) is 1. The van der Waals surface area contributed by atoms with Crippen LogP contribution in [0.1, 0.15) is 22.6 Å². The summed E-state index contributed by atoms with van der Waals surface area (Å²) in [5.41, 5.74) is 3.25. The predicted octanol–water partition coefficient (Wildman–Crippen LogP) is 3.57. The van der Waals surface area contributed by atoms with Crippen LogP contribution in [0.25, 0.3) is 21.9 Å². The van der Waals surface area contributed by atoms with E-state index in [9.17, 15) is 9.59 Å². The van der Waals surface area contributed by atoms with E-state index >= 15 is 0 Å². The van der Waals surface area contributed by atoms with Crippen LogP contribution in [0.15, 0.2) is 66.9 Å². The first-order chi connectivity index (χ1) is 15.5. The Hall–Kier alpha value is -4.00. The maximum Gasteiger partial charge on any atom is 0.270 e. The SMILES string of the molecule is Cc1cc2n(n1)CC[C@H](NC(=O)c1cc3c(-c4ccccc4)cccc3cn1)C(=O)N2C. The lowest BCUT2D eigenvalue weighted by molar-refractivity contribution is -0.120. The first-order valence-electron chi connectivity index (χ1n) is 10.6. The van der Waals surface area contributed by atoms with Crippen LogP contribution in [-0.4, -0.2) is 39.7 Å². The maximum atomic E-state index is 13.1. The number of hydrogen-bond acceptors (Lipinski definition) is 4. The van der Waals surface area contributed by atoms with Crippen molar-refractivity contribution in [2.75, 3.05) is 11.9 Å². The second-order valence-electron chi connectivity index (χ2n) is 8.04. The molecule has 7 heteroatoms. The number of benzene rings is 2. The second kappa shape index (κ2) is 7.92. The van der Waals surface area contributed by atoms with Crippen LogP contribution in [0, 0.1) is 6.92 Å². The number of carbonyl (C=O) groups excluding carboxylic acids is 2. The number of amides is 2. The van der Waals surface area contributed by atoms with Gasteiger partial charge in [-0.25, -0.2) is 4.68 Å². The molecular formula is C25H23N5O2. The minimum atomic E-state index is -0.642. The summed E-state index contributed by atoms with van der Waals surface area (Å²) in [7, 11) is 1.71. The Kier molecular flexibility index (Phi) is 4.93. The number of carbonyl (C=O) groups is 2. The number of pyridine rings is 1. The Morgan fingerprint density at radius 3 is 2.72 bits per heavy atom. The van der Waals surface area contributed by atoms with Crippen molar-refractivity contribution in [3.8, 4) is 11.1 Å². The zero-order valence-corrected chi connectivity index (χ0v) is 17.9. The van der Waals surface area contributed by atoms with Crippen LogP contribution in [0.2, 0.25) is 0 Å². The van der Waals surface area contributed by atoms with Crippen molar-refractivity contribution in [1.82, 2.24) is 20.1 Å². The molecule has 3 heterocycles. The molecule has 0 saturated heterocycles. The summed E-state index contributed by atoms with van der Waals surface area (Å²) in [6, 6.07) is 19.1. The molecule has 7 nitrogen and oxygen atoms in total. The fourth-order valence-corrected chi connectivity index (χ4v) is 4.22. The monoisotopic (exact) mass is 425 g/mol. The molecule has 0 aliphatic carbocycles. The third-order valence-corrected chi connectivity index (χ3v) is 5.87. The number of fused-ring (bicyclic) bond motifs is 2. The summed E-state index contributed by atoms with van der Waals surface area (Å²) in [6.45, 7) is 2.45. The van der Waals surface area contributed by atoms with E-state index in [-0.39, 0.29) is 17.5 Å². The number of aryl methyl sites for hydroxylation is 2. The number of rotatable bonds is 3. The number of aromatic nitrogens is 3. The summed E-state index contributed by atoms with van der Waals surface area (Å²) >= 11 is 0. The van der Waals surface area contributed by atoms with E-state index in [4.69, 9.17) is 0 Å². The predicted molar refractivity (Wildman–Crippen MR) is 123 cm³/mol. The van der Waals surface area contributed by atoms with Crippen LogP contribution in [0.5, 0.6) is 0 Å². The third-order valence-electron chi connectivity index (χ3n) is 5.87. The molecule has 1 aliphatic heterocycles. The summed E-state index contributed by atoms with van der Waals surface area (Å²) in [5.74, 6) is 0.209. The van der Waals surface area contributed by atoms with Gasteiger partial charge in [-0.1, -0.05) is 48.5 Å². The van der Waals surface area contributed by atoms with E-state index < -0.39 is 6.04 Å². The molecule has 32 heavy (non-hydrogen) atoms. The molecule has 5 rings (SSSR count). The summed E-state index contributed by atoms with van der Waals surface area (Å²) < 4.78 is 1.81. The van der Waals surface area contributed by atoms with Gasteiger partial charge in [-0.15, -0.1) is 0 Å². The van der Waals surface area contributed by atoms with Crippen LogP contribution in [0.4, 0.5) is 5.82 Å². The average Bonchev–Trinajstić information content (AvgIpc) is 3.16. The molecule has 0 spiro atoms. The molecular weight excluding hydrogens is 402 g/mol. The first kappa shape index (κ1) is 19.9. The number of likely N-dealkylation sites (N-methyl/N-ethyl adjacent to an activating group) is 1. The molecule has 4 aromatic rings. The largest absolute Gasteiger partial charge is 0.339 e. The lowest BCUT2D eigenvalue weighted by Gasteiger charge is -2.20. The Balaban J connectivity index is 1.43. The zero-order valence-electron chi connectivity index (χ0n) is 17.9. The second-order valence-corrected chi connectivity index (χ2v) is 8.04. The van der Waals surface area contributed by atoms with Gasteiger partial charge in [0.05, 0.1) is 5.69 Å². The first-order valence-corrected chi connectivity index (χ1v) is 10.6. The van der Waals surface area contributed by atoms with Crippen LogP contribution in [0.3, 0.4) is 0 Å². The van der Waals surface area contributed by atoms with Gasteiger partial charge >= 0.3 is 0 Å². The van der Waals surface area contributed by atoms with Gasteiger partial charge in [-0.3, -0.25) is 19.5 Å². The fourth-order valence-electron chi connectivity index (χ4n) is 4.22. The van der Waals surface area contributed by atoms with E-state index in [1.54, 1.807) is 28.9 Å². The number of nitrogens with zero attached hydrogens (tertiary/aromatic N) is 4. The Morgan fingerprint density at radius 1 is 1.09 bits per heavy atom. The lowest BCUT2D eigenvalue weighted by atomic mass is 9.99. The van der Waals surface area contributed by atoms with Crippen molar-refractivity contribution in [2.45, 2.75) is 25.9 Å². The van der Waals surface area contributed by atoms with E-state index in [1.807, 2.05) is 61.5 Å². The Morgan fingerprint density at radius 2 is 1.91 bits per heavy atom. The lowest BCUT2D eigenvalue weighted by Crippen LogP contribution is -2.46. The Bertz CT molecular complexity index is 1330. The van der Waals surface area contributed by atoms with Crippen LogP contribution < -0.4 is 10.2 Å². The van der Waals surface area contributed by atoms with Crippen LogP contribution in [-0.2, 0) is 11.3 Å². The van der Waals surface area contributed by atoms with Crippen molar-refractivity contribution >= 4 is 28.4 Å². The summed E-state index contributed by atoms with van der Waals surface area (Å²) in [5, 5.41) is 9.22. The van der Waals surface area contributed by atoms with Gasteiger partial charge in [-0.2, -0.15) is 5.10 Å². The highest BCUT2D eigenvalue weighted by molar-refractivity contribution is 6.04. The quantitative estimate of drug-likeness (QED) is 0.544. The smallest absolute Gasteiger partial charge is 0.270 e. The van der Waals surface area contributed by atoms with Crippen LogP contribution >= 0.6 is 0 Å². The van der Waals surface area contributed by atoms with Gasteiger partial charge in [0.1, 0.15) is 17.6 Å². The molecule has 0 unspecified atom stereocenters. The molecule has 1 aliphatic rings. The molecule has 0 fully saturated rings. The molecule has 2 amide bonds. The summed E-state index contributed by atoms with van der Waals surface area (Å²) in [4.78, 5) is 32.0. The molecule has 1 N–H and O–H groups in total. The fraction of sp³-hybridized carbons (Fsp3) is 0.200. The van der Waals surface area contributed by atoms with Gasteiger partial charge < -0.3 is 5.32 Å². The van der Waals surface area contributed by atoms with Crippen molar-refractivity contribution < 1.29 is 9.59 Å². The summed E-state index contributed by atoms with van der Waals surface area (Å²) in [6.07, 6.45) is 2.17. The normalized spacial score (nSPS) is 16.0. The van der Waals surface area contributed by atoms with Crippen molar-refractivity contribution in [3.63, 3.8) is 0 Å². The standard InChI is InChI=1S/C25H23N5O2/c1-16-13-23-29(2)25(32)21(11-12-30(23)28-16)27-24(31)22-14-20-18(15-26-22)9-6-10-19(20)17-7-4-3-5-8-17/h3-10,13-15,21H,11-12H2,1-2H3,(H,27,31)/t21-/m0/s1. The topological polar surface area (TPSA) is 80.1 Å². The minimum absolute atomic E-state index is 0.164. The van der Waals surface area contributed by atoms with E-state index in [0.717, 1.165) is 33.4 Å². The molecule has 0 saturated carbocycles. The molecule has 2 aromatic heterocycles. The number of anilines is 1. The van der Waals surface area contributed by atoms with Gasteiger partial charge in [0.2, 0.25) is 0 Å². The van der Waals surface area contributed by atoms with Crippen molar-refractivity contribution in [1.29, 1.82) is 0 Å². The van der Waals surface area contributed by atoms with Gasteiger partial charge in [-0.05, 0) is 35.9 Å². The van der Waals surface area contributed by atoms with Gasteiger partial charge in [0, 0.05) is 31.2 Å². The zero-order chi connectivity index (χ0) is 22.2. The van der Waals surface area contributed by atoms with E-state index in [1.165, 1.54) is 0 Å². The molecule has 2 aromatic carbocycles. The van der Waals surface area contributed by atoms with Crippen molar-refractivity contribution in [2.24, 2.45) is 0 Å². The Labute approximate surface area is 185 Å². The molecule has 0 radical (unpaired) electrons. The third kappa shape index (κ3) is 3.51. The highest BCUT2D eigenvalue weighted by atomic mass is 16.2. The highest BCUT2D eigenvalue weighted by Crippen LogP contribution is 2.28. The molecule has 0 bridgehead atoms. The average molecular weight is 425 g/mol. The number of nitrogens with one attached hydrogen (secondary N) is 1. The highest BCUT2D eigenvalue weighted by Gasteiger charge is 2.30. The maximum absolute atomic E-state index is 13.1. The van der Waals surface area contributed by atoms with E-state index in [2.05, 4.69) is 15.4 Å². The minimum Gasteiger partial charge on any atom is -0.339 e. The van der Waals surface area contributed by atoms with E-state index in [0.29, 0.717) is 13.0 Å². The van der Waals surface area contributed by atoms with Crippen molar-refractivity contribution in [3.05, 3.63) is 78.2 Å². The molecule has 160 valence electrons. The van der Waals surface area contributed by atoms with Gasteiger partial charge in [0.25, 0.3) is 11.8 Å². The molecule has 1 atom stereocenters.